The third kappa shape index (κ3) is 5.16. The Morgan fingerprint density at radius 1 is 1.13 bits per heavy atom. The maximum Gasteiger partial charge on any atom is 0.231 e. The summed E-state index contributed by atoms with van der Waals surface area (Å²) in [4.78, 5) is 23.5. The smallest absolute Gasteiger partial charge is 0.231 e. The average Bonchev–Trinajstić information content (AvgIpc) is 2.95. The van der Waals surface area contributed by atoms with Gasteiger partial charge in [0.25, 0.3) is 0 Å². The van der Waals surface area contributed by atoms with Crippen LogP contribution in [0, 0.1) is 5.41 Å². The molecule has 0 atom stereocenters. The van der Waals surface area contributed by atoms with Crippen LogP contribution in [0.5, 0.6) is 11.5 Å². The zero-order valence-corrected chi connectivity index (χ0v) is 13.9. The van der Waals surface area contributed by atoms with Crippen molar-refractivity contribution in [1.29, 1.82) is 0 Å². The normalized spacial score (nSPS) is 12.8. The maximum atomic E-state index is 11.8. The third-order valence-electron chi connectivity index (χ3n) is 3.47. The molecule has 2 rings (SSSR count). The van der Waals surface area contributed by atoms with E-state index < -0.39 is 5.41 Å². The molecule has 1 aromatic carbocycles. The predicted octanol–water partition coefficient (Wildman–Crippen LogP) is 1.97. The summed E-state index contributed by atoms with van der Waals surface area (Å²) in [5.74, 6) is 1.40. The van der Waals surface area contributed by atoms with Gasteiger partial charge in [0, 0.05) is 24.9 Å². The molecule has 1 aliphatic heterocycles. The number of fused-ring (bicyclic) bond motifs is 1. The molecule has 2 N–H and O–H groups in total. The molecular weight excluding hydrogens is 296 g/mol. The topological polar surface area (TPSA) is 76.7 Å². The summed E-state index contributed by atoms with van der Waals surface area (Å²) in [7, 11) is 0. The molecule has 0 spiro atoms. The number of amides is 2. The van der Waals surface area contributed by atoms with Crippen molar-refractivity contribution in [3.8, 4) is 11.5 Å². The van der Waals surface area contributed by atoms with E-state index in [9.17, 15) is 9.59 Å². The molecule has 23 heavy (non-hydrogen) atoms. The predicted molar refractivity (Wildman–Crippen MR) is 86.1 cm³/mol. The molecule has 0 aromatic heterocycles. The van der Waals surface area contributed by atoms with Crippen LogP contribution >= 0.6 is 0 Å². The van der Waals surface area contributed by atoms with E-state index in [1.54, 1.807) is 0 Å². The second kappa shape index (κ2) is 7.35. The van der Waals surface area contributed by atoms with E-state index in [1.807, 2.05) is 39.0 Å². The summed E-state index contributed by atoms with van der Waals surface area (Å²) in [5, 5.41) is 5.69. The van der Waals surface area contributed by atoms with Gasteiger partial charge in [0.2, 0.25) is 18.6 Å². The molecule has 0 bridgehead atoms. The van der Waals surface area contributed by atoms with Crippen LogP contribution in [0.4, 0.5) is 0 Å². The van der Waals surface area contributed by atoms with Crippen molar-refractivity contribution < 1.29 is 19.1 Å². The highest BCUT2D eigenvalue weighted by Gasteiger charge is 2.20. The van der Waals surface area contributed by atoms with Gasteiger partial charge in [-0.3, -0.25) is 9.59 Å². The van der Waals surface area contributed by atoms with E-state index in [0.29, 0.717) is 31.7 Å². The Morgan fingerprint density at radius 2 is 1.87 bits per heavy atom. The fraction of sp³-hybridized carbons (Fsp3) is 0.529. The highest BCUT2D eigenvalue weighted by Crippen LogP contribution is 2.32. The lowest BCUT2D eigenvalue weighted by Crippen LogP contribution is -2.35. The van der Waals surface area contributed by atoms with Gasteiger partial charge in [-0.1, -0.05) is 26.8 Å². The lowest BCUT2D eigenvalue weighted by molar-refractivity contribution is -0.128. The number of carbonyl (C=O) groups excluding carboxylic acids is 2. The van der Waals surface area contributed by atoms with E-state index >= 15 is 0 Å². The van der Waals surface area contributed by atoms with Gasteiger partial charge in [-0.2, -0.15) is 0 Å². The summed E-state index contributed by atoms with van der Waals surface area (Å²) in [6, 6.07) is 5.61. The fourth-order valence-electron chi connectivity index (χ4n) is 2.06. The number of carbonyl (C=O) groups is 2. The van der Waals surface area contributed by atoms with Crippen molar-refractivity contribution in [2.45, 2.75) is 40.2 Å². The lowest BCUT2D eigenvalue weighted by atomic mass is 9.96. The van der Waals surface area contributed by atoms with Crippen molar-refractivity contribution in [3.63, 3.8) is 0 Å². The Bertz CT molecular complexity index is 578. The second-order valence-electron chi connectivity index (χ2n) is 6.57. The largest absolute Gasteiger partial charge is 0.454 e. The molecule has 1 heterocycles. The van der Waals surface area contributed by atoms with Crippen molar-refractivity contribution >= 4 is 11.8 Å². The first-order valence-electron chi connectivity index (χ1n) is 7.80. The van der Waals surface area contributed by atoms with E-state index in [0.717, 1.165) is 11.3 Å². The summed E-state index contributed by atoms with van der Waals surface area (Å²) in [6.45, 7) is 6.78. The molecule has 0 fully saturated rings. The standard InChI is InChI=1S/C17H24N2O4/c1-17(2,3)16(21)18-8-4-5-15(20)19-10-12-6-7-13-14(9-12)23-11-22-13/h6-7,9H,4-5,8,10-11H2,1-3H3,(H,18,21)(H,19,20). The molecule has 6 heteroatoms. The van der Waals surface area contributed by atoms with Gasteiger partial charge in [0.05, 0.1) is 0 Å². The second-order valence-corrected chi connectivity index (χ2v) is 6.57. The summed E-state index contributed by atoms with van der Waals surface area (Å²) < 4.78 is 10.5. The van der Waals surface area contributed by atoms with Crippen molar-refractivity contribution in [1.82, 2.24) is 10.6 Å². The molecule has 0 saturated heterocycles. The van der Waals surface area contributed by atoms with Crippen LogP contribution in [0.1, 0.15) is 39.2 Å². The molecule has 0 radical (unpaired) electrons. The van der Waals surface area contributed by atoms with Crippen LogP contribution in [-0.2, 0) is 16.1 Å². The minimum Gasteiger partial charge on any atom is -0.454 e. The van der Waals surface area contributed by atoms with Crippen molar-refractivity contribution in [3.05, 3.63) is 23.8 Å². The Kier molecular flexibility index (Phi) is 5.47. The van der Waals surface area contributed by atoms with Gasteiger partial charge in [0.15, 0.2) is 11.5 Å². The third-order valence-corrected chi connectivity index (χ3v) is 3.47. The van der Waals surface area contributed by atoms with Crippen LogP contribution in [0.2, 0.25) is 0 Å². The highest BCUT2D eigenvalue weighted by molar-refractivity contribution is 5.81. The Balaban J connectivity index is 1.65. The van der Waals surface area contributed by atoms with Gasteiger partial charge in [0.1, 0.15) is 0 Å². The fourth-order valence-corrected chi connectivity index (χ4v) is 2.06. The summed E-state index contributed by atoms with van der Waals surface area (Å²) in [5.41, 5.74) is 0.561. The summed E-state index contributed by atoms with van der Waals surface area (Å²) in [6.07, 6.45) is 1.00. The minimum absolute atomic E-state index is 0.00160. The van der Waals surface area contributed by atoms with E-state index in [4.69, 9.17) is 9.47 Å². The van der Waals surface area contributed by atoms with E-state index in [-0.39, 0.29) is 18.6 Å². The van der Waals surface area contributed by atoms with Gasteiger partial charge in [-0.05, 0) is 24.1 Å². The zero-order chi connectivity index (χ0) is 16.9. The molecule has 126 valence electrons. The van der Waals surface area contributed by atoms with Crippen molar-refractivity contribution in [2.24, 2.45) is 5.41 Å². The van der Waals surface area contributed by atoms with Crippen LogP contribution in [-0.4, -0.2) is 25.2 Å². The number of nitrogens with one attached hydrogen (secondary N) is 2. The van der Waals surface area contributed by atoms with Crippen LogP contribution in [0.25, 0.3) is 0 Å². The lowest BCUT2D eigenvalue weighted by Gasteiger charge is -2.17. The molecule has 1 aromatic rings. The highest BCUT2D eigenvalue weighted by atomic mass is 16.7. The average molecular weight is 320 g/mol. The molecule has 0 saturated carbocycles. The first-order valence-corrected chi connectivity index (χ1v) is 7.80. The molecular formula is C17H24N2O4. The molecule has 0 unspecified atom stereocenters. The van der Waals surface area contributed by atoms with Crippen LogP contribution in [0.15, 0.2) is 18.2 Å². The zero-order valence-electron chi connectivity index (χ0n) is 13.9. The number of hydrogen-bond acceptors (Lipinski definition) is 4. The van der Waals surface area contributed by atoms with Crippen molar-refractivity contribution in [2.75, 3.05) is 13.3 Å². The summed E-state index contributed by atoms with van der Waals surface area (Å²) >= 11 is 0. The van der Waals surface area contributed by atoms with E-state index in [2.05, 4.69) is 10.6 Å². The van der Waals surface area contributed by atoms with Gasteiger partial charge in [-0.25, -0.2) is 0 Å². The number of ether oxygens (including phenoxy) is 2. The van der Waals surface area contributed by atoms with Gasteiger partial charge < -0.3 is 20.1 Å². The molecule has 2 amide bonds. The molecule has 1 aliphatic rings. The maximum absolute atomic E-state index is 11.8. The van der Waals surface area contributed by atoms with Crippen LogP contribution < -0.4 is 20.1 Å². The first kappa shape index (κ1) is 17.1. The van der Waals surface area contributed by atoms with E-state index in [1.165, 1.54) is 0 Å². The first-order chi connectivity index (χ1) is 10.9. The quantitative estimate of drug-likeness (QED) is 0.786. The number of hydrogen-bond donors (Lipinski definition) is 2. The van der Waals surface area contributed by atoms with Gasteiger partial charge >= 0.3 is 0 Å². The Labute approximate surface area is 136 Å². The SMILES string of the molecule is CC(C)(C)C(=O)NCCCC(=O)NCc1ccc2c(c1)OCO2. The van der Waals surface area contributed by atoms with Crippen LogP contribution in [0.3, 0.4) is 0 Å². The molecule has 6 nitrogen and oxygen atoms in total. The molecule has 0 aliphatic carbocycles. The Hall–Kier alpha value is -2.24. The monoisotopic (exact) mass is 320 g/mol. The minimum atomic E-state index is -0.401. The van der Waals surface area contributed by atoms with Gasteiger partial charge in [-0.15, -0.1) is 0 Å². The number of benzene rings is 1. The Morgan fingerprint density at radius 3 is 2.61 bits per heavy atom. The number of rotatable bonds is 6.